The van der Waals surface area contributed by atoms with Gasteiger partial charge >= 0.3 is 0 Å². The van der Waals surface area contributed by atoms with Crippen LogP contribution in [0.15, 0.2) is 36.4 Å². The molecule has 41 heavy (non-hydrogen) atoms. The summed E-state index contributed by atoms with van der Waals surface area (Å²) in [6.07, 6.45) is 3.68. The van der Waals surface area contributed by atoms with Crippen LogP contribution < -0.4 is 5.32 Å². The number of aliphatic hydroxyl groups excluding tert-OH is 1. The van der Waals surface area contributed by atoms with E-state index in [0.29, 0.717) is 31.1 Å². The first kappa shape index (κ1) is 28.8. The number of fused-ring (bicyclic) bond motifs is 2. The van der Waals surface area contributed by atoms with Crippen molar-refractivity contribution in [2.45, 2.75) is 44.9 Å². The van der Waals surface area contributed by atoms with Crippen molar-refractivity contribution in [3.8, 4) is 22.4 Å². The van der Waals surface area contributed by atoms with Crippen LogP contribution >= 0.6 is 11.6 Å². The summed E-state index contributed by atoms with van der Waals surface area (Å²) in [6.45, 7) is 6.86. The van der Waals surface area contributed by atoms with Crippen LogP contribution in [0.4, 0.5) is 0 Å². The Morgan fingerprint density at radius 2 is 1.88 bits per heavy atom. The minimum absolute atomic E-state index is 0.0851. The van der Waals surface area contributed by atoms with Crippen LogP contribution in [0.3, 0.4) is 0 Å². The second-order valence-corrected chi connectivity index (χ2v) is 13.7. The van der Waals surface area contributed by atoms with Crippen LogP contribution in [-0.2, 0) is 47.2 Å². The Morgan fingerprint density at radius 3 is 2.66 bits per heavy atom. The number of nitrogens with zero attached hydrogens (tertiary/aromatic N) is 4. The van der Waals surface area contributed by atoms with Crippen LogP contribution in [0.25, 0.3) is 22.4 Å². The second kappa shape index (κ2) is 12.1. The molecule has 1 atom stereocenters. The molecule has 4 heterocycles. The third-order valence-electron chi connectivity index (χ3n) is 8.54. The molecule has 1 fully saturated rings. The number of nitrogens with one attached hydrogen (secondary N) is 1. The summed E-state index contributed by atoms with van der Waals surface area (Å²) >= 11 is 6.75. The van der Waals surface area contributed by atoms with E-state index in [0.717, 1.165) is 85.9 Å². The van der Waals surface area contributed by atoms with Gasteiger partial charge in [-0.1, -0.05) is 29.8 Å². The van der Waals surface area contributed by atoms with Crippen LogP contribution in [0, 0.1) is 0 Å². The minimum Gasteiger partial charge on any atom is -0.395 e. The largest absolute Gasteiger partial charge is 0.395 e. The summed E-state index contributed by atoms with van der Waals surface area (Å²) in [6, 6.07) is 12.5. The third-order valence-corrected chi connectivity index (χ3v) is 10.1. The van der Waals surface area contributed by atoms with E-state index in [1.165, 1.54) is 17.4 Å². The molecule has 0 saturated carbocycles. The van der Waals surface area contributed by atoms with Crippen molar-refractivity contribution in [3.05, 3.63) is 63.8 Å². The van der Waals surface area contributed by atoms with Crippen LogP contribution in [-0.4, -0.2) is 90.8 Å². The summed E-state index contributed by atoms with van der Waals surface area (Å²) in [5, 5.41) is 18.7. The molecule has 0 amide bonds. The molecular weight excluding hydrogens is 562 g/mol. The molecule has 3 aliphatic heterocycles. The first-order valence-electron chi connectivity index (χ1n) is 14.4. The monoisotopic (exact) mass is 599 g/mol. The Labute approximate surface area is 247 Å². The van der Waals surface area contributed by atoms with Gasteiger partial charge in [-0.25, -0.2) is 8.42 Å². The van der Waals surface area contributed by atoms with Gasteiger partial charge in [0.05, 0.1) is 31.8 Å². The molecule has 1 saturated heterocycles. The molecule has 220 valence electrons. The first-order valence-corrected chi connectivity index (χ1v) is 16.6. The average molecular weight is 600 g/mol. The average Bonchev–Trinajstić information content (AvgIpc) is 3.35. The van der Waals surface area contributed by atoms with Gasteiger partial charge in [0.15, 0.2) is 0 Å². The highest BCUT2D eigenvalue weighted by Gasteiger charge is 2.30. The zero-order valence-electron chi connectivity index (χ0n) is 23.5. The van der Waals surface area contributed by atoms with E-state index in [-0.39, 0.29) is 12.6 Å². The summed E-state index contributed by atoms with van der Waals surface area (Å²) in [4.78, 5) is 2.43. The number of aromatic nitrogens is 2. The molecule has 0 aliphatic carbocycles. The third kappa shape index (κ3) is 6.24. The molecule has 2 N–H and O–H groups in total. The maximum atomic E-state index is 12.5. The smallest absolute Gasteiger partial charge is 0.211 e. The van der Waals surface area contributed by atoms with Crippen molar-refractivity contribution in [3.63, 3.8) is 0 Å². The van der Waals surface area contributed by atoms with Crippen LogP contribution in [0.5, 0.6) is 0 Å². The summed E-state index contributed by atoms with van der Waals surface area (Å²) < 4.78 is 34.1. The fourth-order valence-electron chi connectivity index (χ4n) is 6.21. The lowest BCUT2D eigenvalue weighted by Crippen LogP contribution is -2.38. The highest BCUT2D eigenvalue weighted by Crippen LogP contribution is 2.37. The lowest BCUT2D eigenvalue weighted by atomic mass is 9.91. The van der Waals surface area contributed by atoms with Crippen molar-refractivity contribution in [1.29, 1.82) is 0 Å². The number of rotatable bonds is 8. The summed E-state index contributed by atoms with van der Waals surface area (Å²) in [5.74, 6) is 0. The molecule has 3 aromatic rings. The number of hydrogen-bond donors (Lipinski definition) is 2. The van der Waals surface area contributed by atoms with Crippen LogP contribution in [0.1, 0.15) is 28.8 Å². The zero-order valence-corrected chi connectivity index (χ0v) is 25.1. The molecule has 1 aromatic heterocycles. The van der Waals surface area contributed by atoms with E-state index in [1.54, 1.807) is 4.31 Å². The highest BCUT2D eigenvalue weighted by atomic mass is 35.5. The van der Waals surface area contributed by atoms with Gasteiger partial charge < -0.3 is 15.2 Å². The number of morpholine rings is 1. The normalized spacial score (nSPS) is 20.1. The van der Waals surface area contributed by atoms with Gasteiger partial charge in [0.2, 0.25) is 10.0 Å². The Bertz CT molecular complexity index is 1520. The van der Waals surface area contributed by atoms with Crippen LogP contribution in [0.2, 0.25) is 5.02 Å². The number of ether oxygens (including phenoxy) is 1. The molecule has 3 aliphatic rings. The Balaban J connectivity index is 1.32. The maximum absolute atomic E-state index is 12.5. The van der Waals surface area contributed by atoms with Gasteiger partial charge in [-0.05, 0) is 47.7 Å². The summed E-state index contributed by atoms with van der Waals surface area (Å²) in [7, 11) is -3.33. The van der Waals surface area contributed by atoms with Gasteiger partial charge in [-0.15, -0.1) is 0 Å². The SMILES string of the molecule is CS(=O)(=O)N1CCc2c(c(-c3ccc(Cl)c(-c4ccc5c(c4)CNC(CO)C5)c3)nn2CCCN2CCOCC2)C1. The number of aryl methyl sites for hydroxylation is 1. The van der Waals surface area contributed by atoms with Gasteiger partial charge in [0, 0.05) is 85.7 Å². The second-order valence-electron chi connectivity index (χ2n) is 11.3. The number of hydrogen-bond acceptors (Lipinski definition) is 7. The number of aliphatic hydroxyl groups is 1. The molecule has 0 radical (unpaired) electrons. The maximum Gasteiger partial charge on any atom is 0.211 e. The number of benzene rings is 2. The number of sulfonamides is 1. The first-order chi connectivity index (χ1) is 19.8. The highest BCUT2D eigenvalue weighted by molar-refractivity contribution is 7.88. The quantitative estimate of drug-likeness (QED) is 0.411. The van der Waals surface area contributed by atoms with Crippen molar-refractivity contribution < 1.29 is 18.3 Å². The Hall–Kier alpha value is -2.31. The fraction of sp³-hybridized carbons (Fsp3) is 0.500. The Kier molecular flexibility index (Phi) is 8.51. The minimum atomic E-state index is -3.33. The number of halogens is 1. The van der Waals surface area contributed by atoms with E-state index >= 15 is 0 Å². The van der Waals surface area contributed by atoms with Crippen molar-refractivity contribution >= 4 is 21.6 Å². The topological polar surface area (TPSA) is 99.9 Å². The molecule has 11 heteroatoms. The van der Waals surface area contributed by atoms with Gasteiger partial charge in [-0.2, -0.15) is 9.40 Å². The molecule has 6 rings (SSSR count). The molecule has 2 aromatic carbocycles. The standard InChI is InChI=1S/C30H38ClN5O4S/c1-41(38,39)35-10-7-29-27(19-35)30(33-36(29)9-2-8-34-11-13-40-14-12-34)23-5-6-28(31)26(17-23)22-4-3-21-16-25(20-37)32-18-24(21)15-22/h3-6,15,17,25,32,37H,2,7-14,16,18-20H2,1H3. The molecule has 1 unspecified atom stereocenters. The lowest BCUT2D eigenvalue weighted by Gasteiger charge is -2.27. The van der Waals surface area contributed by atoms with Crippen molar-refractivity contribution in [2.75, 3.05) is 52.3 Å². The zero-order chi connectivity index (χ0) is 28.6. The Morgan fingerprint density at radius 1 is 1.07 bits per heavy atom. The van der Waals surface area contributed by atoms with E-state index < -0.39 is 10.0 Å². The van der Waals surface area contributed by atoms with E-state index in [1.807, 2.05) is 12.1 Å². The van der Waals surface area contributed by atoms with Gasteiger partial charge in [0.25, 0.3) is 0 Å². The van der Waals surface area contributed by atoms with Crippen molar-refractivity contribution in [1.82, 2.24) is 24.3 Å². The molecular formula is C30H38ClN5O4S. The van der Waals surface area contributed by atoms with E-state index in [4.69, 9.17) is 21.4 Å². The van der Waals surface area contributed by atoms with Gasteiger partial charge in [0.1, 0.15) is 0 Å². The summed E-state index contributed by atoms with van der Waals surface area (Å²) in [5.41, 5.74) is 8.24. The molecule has 0 spiro atoms. The van der Waals surface area contributed by atoms with Crippen molar-refractivity contribution in [2.24, 2.45) is 0 Å². The van der Waals surface area contributed by atoms with E-state index in [9.17, 15) is 13.5 Å². The van der Waals surface area contributed by atoms with Gasteiger partial charge in [-0.3, -0.25) is 9.58 Å². The van der Waals surface area contributed by atoms with E-state index in [2.05, 4.69) is 39.2 Å². The fourth-order valence-corrected chi connectivity index (χ4v) is 7.22. The molecule has 0 bridgehead atoms. The lowest BCUT2D eigenvalue weighted by molar-refractivity contribution is 0.0368. The predicted octanol–water partition coefficient (Wildman–Crippen LogP) is 2.92. The predicted molar refractivity (Wildman–Crippen MR) is 160 cm³/mol. The molecule has 9 nitrogen and oxygen atoms in total.